The molecule has 0 aliphatic carbocycles. The van der Waals surface area contributed by atoms with Gasteiger partial charge in [0.05, 0.1) is 0 Å². The second kappa shape index (κ2) is 51.5. The van der Waals surface area contributed by atoms with E-state index in [0.29, 0.717) is 19.3 Å². The Kier molecular flexibility index (Phi) is 49.8. The van der Waals surface area contributed by atoms with Crippen molar-refractivity contribution in [1.29, 1.82) is 0 Å². The predicted octanol–water partition coefficient (Wildman–Crippen LogP) is 17.9. The highest BCUT2D eigenvalue weighted by Crippen LogP contribution is 2.16. The number of allylic oxidation sites excluding steroid dienone is 4. The Bertz CT molecular complexity index is 1000. The van der Waals surface area contributed by atoms with Crippen LogP contribution in [0.15, 0.2) is 24.3 Å². The van der Waals surface area contributed by atoms with E-state index in [0.717, 1.165) is 64.2 Å². The Morgan fingerprint density at radius 3 is 0.855 bits per heavy atom. The van der Waals surface area contributed by atoms with E-state index in [1.54, 1.807) is 0 Å². The van der Waals surface area contributed by atoms with Gasteiger partial charge in [0.25, 0.3) is 0 Å². The van der Waals surface area contributed by atoms with Crippen LogP contribution < -0.4 is 0 Å². The number of hydrogen-bond acceptors (Lipinski definition) is 6. The van der Waals surface area contributed by atoms with E-state index in [4.69, 9.17) is 14.2 Å². The van der Waals surface area contributed by atoms with Crippen molar-refractivity contribution in [1.82, 2.24) is 0 Å². The third-order valence-corrected chi connectivity index (χ3v) is 12.2. The molecule has 0 heterocycles. The first kappa shape index (κ1) is 59.9. The molecule has 0 fully saturated rings. The third kappa shape index (κ3) is 48.9. The summed E-state index contributed by atoms with van der Waals surface area (Å²) in [5, 5.41) is 0. The highest BCUT2D eigenvalue weighted by Gasteiger charge is 2.19. The topological polar surface area (TPSA) is 78.9 Å². The first-order chi connectivity index (χ1) is 30.5. The molecule has 62 heavy (non-hydrogen) atoms. The van der Waals surface area contributed by atoms with Crippen molar-refractivity contribution in [3.8, 4) is 0 Å². The molecule has 0 radical (unpaired) electrons. The summed E-state index contributed by atoms with van der Waals surface area (Å²) in [6.45, 7) is 6.62. The Morgan fingerprint density at radius 1 is 0.306 bits per heavy atom. The maximum Gasteiger partial charge on any atom is 0.306 e. The summed E-state index contributed by atoms with van der Waals surface area (Å²) in [6.07, 6.45) is 58.8. The molecule has 0 rings (SSSR count). The molecule has 1 unspecified atom stereocenters. The van der Waals surface area contributed by atoms with Crippen LogP contribution in [0.2, 0.25) is 0 Å². The summed E-state index contributed by atoms with van der Waals surface area (Å²) in [6, 6.07) is 0. The largest absolute Gasteiger partial charge is 0.462 e. The van der Waals surface area contributed by atoms with Gasteiger partial charge in [0.15, 0.2) is 6.10 Å². The van der Waals surface area contributed by atoms with Crippen molar-refractivity contribution in [3.63, 3.8) is 0 Å². The third-order valence-electron chi connectivity index (χ3n) is 12.2. The summed E-state index contributed by atoms with van der Waals surface area (Å²) in [5.41, 5.74) is 0. The molecule has 0 aliphatic heterocycles. The molecule has 0 aromatic carbocycles. The van der Waals surface area contributed by atoms with Gasteiger partial charge in [-0.15, -0.1) is 0 Å². The fourth-order valence-corrected chi connectivity index (χ4v) is 8.01. The second-order valence-electron chi connectivity index (χ2n) is 18.5. The maximum atomic E-state index is 12.8. The van der Waals surface area contributed by atoms with Crippen molar-refractivity contribution in [3.05, 3.63) is 24.3 Å². The predicted molar refractivity (Wildman–Crippen MR) is 266 cm³/mol. The molecule has 0 saturated heterocycles. The Hall–Kier alpha value is -2.11. The minimum Gasteiger partial charge on any atom is -0.462 e. The molecule has 6 heteroatoms. The van der Waals surface area contributed by atoms with Crippen LogP contribution >= 0.6 is 0 Å². The lowest BCUT2D eigenvalue weighted by atomic mass is 10.0. The Labute approximate surface area is 385 Å². The monoisotopic (exact) mass is 873 g/mol. The number of rotatable bonds is 50. The Morgan fingerprint density at radius 2 is 0.548 bits per heavy atom. The van der Waals surface area contributed by atoms with Gasteiger partial charge in [-0.2, -0.15) is 0 Å². The number of ether oxygens (including phenoxy) is 3. The fourth-order valence-electron chi connectivity index (χ4n) is 8.01. The summed E-state index contributed by atoms with van der Waals surface area (Å²) in [4.78, 5) is 38.0. The molecule has 0 amide bonds. The summed E-state index contributed by atoms with van der Waals surface area (Å²) in [5.74, 6) is -0.870. The van der Waals surface area contributed by atoms with Crippen LogP contribution in [-0.4, -0.2) is 37.2 Å². The van der Waals surface area contributed by atoms with E-state index in [1.165, 1.54) is 193 Å². The van der Waals surface area contributed by atoms with Crippen LogP contribution in [0.5, 0.6) is 0 Å². The zero-order valence-electron chi connectivity index (χ0n) is 41.7. The Balaban J connectivity index is 4.31. The standard InChI is InChI=1S/C56H104O6/c1-4-7-10-13-16-19-22-24-26-28-30-31-34-37-40-43-46-49-55(58)61-52-53(51-60-54(57)48-45-42-39-36-33-21-18-15-12-9-6-3)62-56(59)50-47-44-41-38-35-32-29-27-25-23-20-17-14-11-8-5-2/h15,18,24,26,53H,4-14,16-17,19-23,25,27-52H2,1-3H3/b18-15-,26-24-. The van der Waals surface area contributed by atoms with Crippen LogP contribution in [-0.2, 0) is 28.6 Å². The minimum absolute atomic E-state index is 0.0723. The van der Waals surface area contributed by atoms with E-state index >= 15 is 0 Å². The zero-order valence-corrected chi connectivity index (χ0v) is 41.7. The molecular formula is C56H104O6. The molecule has 6 nitrogen and oxygen atoms in total. The SMILES string of the molecule is CCCC/C=C\CCCCCCCC(=O)OCC(COC(=O)CCCCCCCCC/C=C\CCCCCCCC)OC(=O)CCCCCCCCCCCCCCCCCC. The van der Waals surface area contributed by atoms with Crippen LogP contribution in [0.1, 0.15) is 297 Å². The van der Waals surface area contributed by atoms with Gasteiger partial charge in [0.2, 0.25) is 0 Å². The summed E-state index contributed by atoms with van der Waals surface area (Å²) < 4.78 is 16.8. The molecule has 0 aromatic heterocycles. The molecule has 0 bridgehead atoms. The normalized spacial score (nSPS) is 12.1. The maximum absolute atomic E-state index is 12.8. The quantitative estimate of drug-likeness (QED) is 0.0262. The van der Waals surface area contributed by atoms with Gasteiger partial charge >= 0.3 is 17.9 Å². The molecule has 0 N–H and O–H groups in total. The number of esters is 3. The van der Waals surface area contributed by atoms with Gasteiger partial charge < -0.3 is 14.2 Å². The summed E-state index contributed by atoms with van der Waals surface area (Å²) >= 11 is 0. The van der Waals surface area contributed by atoms with Crippen molar-refractivity contribution in [2.24, 2.45) is 0 Å². The fraction of sp³-hybridized carbons (Fsp3) is 0.875. The molecule has 1 atom stereocenters. The van der Waals surface area contributed by atoms with E-state index in [2.05, 4.69) is 45.1 Å². The molecule has 0 aliphatic rings. The van der Waals surface area contributed by atoms with Gasteiger partial charge in [0, 0.05) is 19.3 Å². The van der Waals surface area contributed by atoms with Crippen LogP contribution in [0.3, 0.4) is 0 Å². The van der Waals surface area contributed by atoms with Crippen molar-refractivity contribution >= 4 is 17.9 Å². The highest BCUT2D eigenvalue weighted by atomic mass is 16.6. The lowest BCUT2D eigenvalue weighted by Gasteiger charge is -2.18. The van der Waals surface area contributed by atoms with E-state index < -0.39 is 6.10 Å². The van der Waals surface area contributed by atoms with Crippen molar-refractivity contribution in [2.45, 2.75) is 303 Å². The number of carbonyl (C=O) groups excluding carboxylic acids is 3. The molecule has 0 aromatic rings. The molecular weight excluding hydrogens is 769 g/mol. The van der Waals surface area contributed by atoms with Crippen LogP contribution in [0, 0.1) is 0 Å². The van der Waals surface area contributed by atoms with E-state index in [1.807, 2.05) is 0 Å². The van der Waals surface area contributed by atoms with Crippen LogP contribution in [0.25, 0.3) is 0 Å². The average Bonchev–Trinajstić information content (AvgIpc) is 3.27. The van der Waals surface area contributed by atoms with Gasteiger partial charge in [-0.05, 0) is 64.2 Å². The van der Waals surface area contributed by atoms with Gasteiger partial charge in [-0.3, -0.25) is 14.4 Å². The first-order valence-corrected chi connectivity index (χ1v) is 27.3. The van der Waals surface area contributed by atoms with Crippen LogP contribution in [0.4, 0.5) is 0 Å². The zero-order chi connectivity index (χ0) is 45.1. The van der Waals surface area contributed by atoms with E-state index in [9.17, 15) is 14.4 Å². The van der Waals surface area contributed by atoms with Gasteiger partial charge in [0.1, 0.15) is 13.2 Å². The molecule has 364 valence electrons. The minimum atomic E-state index is -0.771. The highest BCUT2D eigenvalue weighted by molar-refractivity contribution is 5.71. The number of carbonyl (C=O) groups is 3. The second-order valence-corrected chi connectivity index (χ2v) is 18.5. The summed E-state index contributed by atoms with van der Waals surface area (Å²) in [7, 11) is 0. The van der Waals surface area contributed by atoms with Gasteiger partial charge in [-0.25, -0.2) is 0 Å². The first-order valence-electron chi connectivity index (χ1n) is 27.3. The van der Waals surface area contributed by atoms with Gasteiger partial charge in [-0.1, -0.05) is 238 Å². The number of hydrogen-bond donors (Lipinski definition) is 0. The lowest BCUT2D eigenvalue weighted by Crippen LogP contribution is -2.30. The van der Waals surface area contributed by atoms with Crippen molar-refractivity contribution in [2.75, 3.05) is 13.2 Å². The number of unbranched alkanes of at least 4 members (excludes halogenated alkanes) is 35. The smallest absolute Gasteiger partial charge is 0.306 e. The molecule has 0 spiro atoms. The lowest BCUT2D eigenvalue weighted by molar-refractivity contribution is -0.167. The van der Waals surface area contributed by atoms with Crippen molar-refractivity contribution < 1.29 is 28.6 Å². The van der Waals surface area contributed by atoms with E-state index in [-0.39, 0.29) is 31.1 Å². The molecule has 0 saturated carbocycles. The average molecular weight is 873 g/mol.